The van der Waals surface area contributed by atoms with Crippen LogP contribution >= 0.6 is 0 Å². The van der Waals surface area contributed by atoms with Gasteiger partial charge in [-0.05, 0) is 30.9 Å². The van der Waals surface area contributed by atoms with E-state index in [2.05, 4.69) is 10.3 Å². The van der Waals surface area contributed by atoms with E-state index in [9.17, 15) is 18.0 Å². The average Bonchev–Trinajstić information content (AvgIpc) is 3.01. The van der Waals surface area contributed by atoms with Gasteiger partial charge < -0.3 is 19.5 Å². The first-order valence-electron chi connectivity index (χ1n) is 8.94. The molecule has 2 aromatic rings. The second-order valence-corrected chi connectivity index (χ2v) is 6.69. The van der Waals surface area contributed by atoms with Crippen LogP contribution in [0.4, 0.5) is 18.0 Å². The number of methoxy groups -OCH3 is 1. The van der Waals surface area contributed by atoms with Gasteiger partial charge in [-0.15, -0.1) is 0 Å². The standard InChI is InChI=1S/C18H23F3N4O2/c1-27-11-8-22-17(26)24-9-6-13(7-10-24)12-25-15-5-3-2-4-14(15)23-16(25)18(19,20)21/h2-5,13H,6-12H2,1H3,(H,22,26). The summed E-state index contributed by atoms with van der Waals surface area (Å²) in [6, 6.07) is 6.49. The van der Waals surface area contributed by atoms with Gasteiger partial charge in [0.15, 0.2) is 0 Å². The molecule has 0 saturated carbocycles. The number of carbonyl (C=O) groups is 1. The molecule has 0 atom stereocenters. The number of piperidine rings is 1. The summed E-state index contributed by atoms with van der Waals surface area (Å²) in [7, 11) is 1.56. The fourth-order valence-electron chi connectivity index (χ4n) is 3.43. The topological polar surface area (TPSA) is 59.4 Å². The lowest BCUT2D eigenvalue weighted by atomic mass is 9.96. The summed E-state index contributed by atoms with van der Waals surface area (Å²) in [5.41, 5.74) is 0.837. The summed E-state index contributed by atoms with van der Waals surface area (Å²) in [6.45, 7) is 2.17. The molecule has 6 nitrogen and oxygen atoms in total. The number of benzene rings is 1. The highest BCUT2D eigenvalue weighted by Crippen LogP contribution is 2.33. The number of halogens is 3. The van der Waals surface area contributed by atoms with Gasteiger partial charge in [0.05, 0.1) is 17.6 Å². The number of rotatable bonds is 5. The zero-order valence-electron chi connectivity index (χ0n) is 15.1. The molecule has 0 aliphatic carbocycles. The van der Waals surface area contributed by atoms with Crippen LogP contribution in [-0.2, 0) is 17.5 Å². The first-order valence-corrected chi connectivity index (χ1v) is 8.94. The highest BCUT2D eigenvalue weighted by Gasteiger charge is 2.38. The van der Waals surface area contributed by atoms with E-state index in [1.807, 2.05) is 0 Å². The number of ether oxygens (including phenoxy) is 1. The molecular formula is C18H23F3N4O2. The largest absolute Gasteiger partial charge is 0.449 e. The van der Waals surface area contributed by atoms with Gasteiger partial charge in [-0.3, -0.25) is 0 Å². The molecule has 0 unspecified atom stereocenters. The molecule has 9 heteroatoms. The Bertz CT molecular complexity index is 782. The molecule has 27 heavy (non-hydrogen) atoms. The number of carbonyl (C=O) groups excluding carboxylic acids is 1. The van der Waals surface area contributed by atoms with Crippen LogP contribution in [0.25, 0.3) is 11.0 Å². The monoisotopic (exact) mass is 384 g/mol. The van der Waals surface area contributed by atoms with Gasteiger partial charge in [-0.1, -0.05) is 12.1 Å². The summed E-state index contributed by atoms with van der Waals surface area (Å²) >= 11 is 0. The van der Waals surface area contributed by atoms with Gasteiger partial charge in [0.25, 0.3) is 0 Å². The number of likely N-dealkylation sites (tertiary alicyclic amines) is 1. The summed E-state index contributed by atoms with van der Waals surface area (Å²) in [4.78, 5) is 17.5. The van der Waals surface area contributed by atoms with Crippen LogP contribution in [0.5, 0.6) is 0 Å². The second kappa shape index (κ2) is 8.16. The predicted molar refractivity (Wildman–Crippen MR) is 94.3 cm³/mol. The van der Waals surface area contributed by atoms with Crippen molar-refractivity contribution >= 4 is 17.1 Å². The van der Waals surface area contributed by atoms with E-state index in [0.29, 0.717) is 50.1 Å². The Kier molecular flexibility index (Phi) is 5.88. The molecule has 0 spiro atoms. The summed E-state index contributed by atoms with van der Waals surface area (Å²) in [5.74, 6) is -0.796. The van der Waals surface area contributed by atoms with Gasteiger partial charge >= 0.3 is 12.2 Å². The fraction of sp³-hybridized carbons (Fsp3) is 0.556. The molecule has 2 heterocycles. The average molecular weight is 384 g/mol. The number of imidazole rings is 1. The van der Waals surface area contributed by atoms with E-state index < -0.39 is 12.0 Å². The van der Waals surface area contributed by atoms with Crippen molar-refractivity contribution in [2.45, 2.75) is 25.6 Å². The number of nitrogens with one attached hydrogen (secondary N) is 1. The Morgan fingerprint density at radius 3 is 2.67 bits per heavy atom. The zero-order chi connectivity index (χ0) is 19.4. The first kappa shape index (κ1) is 19.5. The van der Waals surface area contributed by atoms with Gasteiger partial charge in [0.2, 0.25) is 5.82 Å². The van der Waals surface area contributed by atoms with Crippen LogP contribution in [0.15, 0.2) is 24.3 Å². The first-order chi connectivity index (χ1) is 12.9. The third-order valence-electron chi connectivity index (χ3n) is 4.83. The van der Waals surface area contributed by atoms with Crippen LogP contribution in [0, 0.1) is 5.92 Å². The van der Waals surface area contributed by atoms with Crippen molar-refractivity contribution in [2.24, 2.45) is 5.92 Å². The summed E-state index contributed by atoms with van der Waals surface area (Å²) in [6.07, 6.45) is -3.19. The van der Waals surface area contributed by atoms with Gasteiger partial charge in [0, 0.05) is 33.3 Å². The van der Waals surface area contributed by atoms with Crippen molar-refractivity contribution in [3.05, 3.63) is 30.1 Å². The van der Waals surface area contributed by atoms with E-state index in [4.69, 9.17) is 4.74 Å². The fourth-order valence-corrected chi connectivity index (χ4v) is 3.43. The Hall–Kier alpha value is -2.29. The Morgan fingerprint density at radius 1 is 1.30 bits per heavy atom. The molecule has 1 aliphatic heterocycles. The van der Waals surface area contributed by atoms with Crippen molar-refractivity contribution in [2.75, 3.05) is 33.4 Å². The molecule has 1 aromatic carbocycles. The maximum absolute atomic E-state index is 13.4. The number of alkyl halides is 3. The van der Waals surface area contributed by atoms with E-state index in [1.54, 1.807) is 36.3 Å². The highest BCUT2D eigenvalue weighted by molar-refractivity contribution is 5.76. The van der Waals surface area contributed by atoms with Crippen molar-refractivity contribution in [1.29, 1.82) is 0 Å². The minimum Gasteiger partial charge on any atom is -0.383 e. The third kappa shape index (κ3) is 4.52. The molecule has 1 aromatic heterocycles. The maximum atomic E-state index is 13.4. The van der Waals surface area contributed by atoms with Crippen LogP contribution in [0.1, 0.15) is 18.7 Å². The van der Waals surface area contributed by atoms with Crippen molar-refractivity contribution < 1.29 is 22.7 Å². The molecule has 1 aliphatic rings. The SMILES string of the molecule is COCCNC(=O)N1CCC(Cn2c(C(F)(F)F)nc3ccccc32)CC1. The molecule has 1 N–H and O–H groups in total. The van der Waals surface area contributed by atoms with E-state index >= 15 is 0 Å². The molecule has 3 rings (SSSR count). The highest BCUT2D eigenvalue weighted by atomic mass is 19.4. The van der Waals surface area contributed by atoms with Crippen LogP contribution in [0.2, 0.25) is 0 Å². The summed E-state index contributed by atoms with van der Waals surface area (Å²) < 4.78 is 46.4. The number of nitrogens with zero attached hydrogens (tertiary/aromatic N) is 3. The lowest BCUT2D eigenvalue weighted by Gasteiger charge is -2.32. The molecular weight excluding hydrogens is 361 g/mol. The third-order valence-corrected chi connectivity index (χ3v) is 4.83. The maximum Gasteiger partial charge on any atom is 0.449 e. The van der Waals surface area contributed by atoms with E-state index in [1.165, 1.54) is 4.57 Å². The normalized spacial score (nSPS) is 16.1. The van der Waals surface area contributed by atoms with Crippen LogP contribution in [-0.4, -0.2) is 53.8 Å². The minimum absolute atomic E-state index is 0.0618. The van der Waals surface area contributed by atoms with Crippen molar-refractivity contribution in [3.8, 4) is 0 Å². The smallest absolute Gasteiger partial charge is 0.383 e. The number of para-hydroxylation sites is 2. The van der Waals surface area contributed by atoms with Gasteiger partial charge in [-0.25, -0.2) is 9.78 Å². The number of urea groups is 1. The second-order valence-electron chi connectivity index (χ2n) is 6.69. The number of amides is 2. The van der Waals surface area contributed by atoms with Crippen molar-refractivity contribution in [1.82, 2.24) is 19.8 Å². The van der Waals surface area contributed by atoms with Gasteiger partial charge in [0.1, 0.15) is 0 Å². The van der Waals surface area contributed by atoms with E-state index in [0.717, 1.165) is 0 Å². The van der Waals surface area contributed by atoms with E-state index in [-0.39, 0.29) is 18.5 Å². The van der Waals surface area contributed by atoms with Crippen LogP contribution < -0.4 is 5.32 Å². The quantitative estimate of drug-likeness (QED) is 0.806. The molecule has 148 valence electrons. The number of aromatic nitrogens is 2. The Labute approximate surface area is 155 Å². The molecule has 2 amide bonds. The Balaban J connectivity index is 1.66. The number of fused-ring (bicyclic) bond motifs is 1. The van der Waals surface area contributed by atoms with Gasteiger partial charge in [-0.2, -0.15) is 13.2 Å². The Morgan fingerprint density at radius 2 is 2.00 bits per heavy atom. The lowest BCUT2D eigenvalue weighted by molar-refractivity contribution is -0.147. The molecule has 1 fully saturated rings. The van der Waals surface area contributed by atoms with Crippen LogP contribution in [0.3, 0.4) is 0 Å². The number of hydrogen-bond donors (Lipinski definition) is 1. The molecule has 1 saturated heterocycles. The number of hydrogen-bond acceptors (Lipinski definition) is 3. The van der Waals surface area contributed by atoms with Crippen molar-refractivity contribution in [3.63, 3.8) is 0 Å². The summed E-state index contributed by atoms with van der Waals surface area (Å²) in [5, 5.41) is 2.76. The zero-order valence-corrected chi connectivity index (χ0v) is 15.1. The molecule has 0 bridgehead atoms. The molecule has 0 radical (unpaired) electrons. The predicted octanol–water partition coefficient (Wildman–Crippen LogP) is 3.12. The minimum atomic E-state index is -4.50. The lowest BCUT2D eigenvalue weighted by Crippen LogP contribution is -2.45.